The Morgan fingerprint density at radius 3 is 2.94 bits per heavy atom. The molecule has 4 nitrogen and oxygen atoms in total. The second kappa shape index (κ2) is 5.16. The zero-order chi connectivity index (χ0) is 11.4. The summed E-state index contributed by atoms with van der Waals surface area (Å²) in [5.74, 6) is 5.58. The topological polar surface area (TPSA) is 63.8 Å². The predicted molar refractivity (Wildman–Crippen MR) is 64.9 cm³/mol. The van der Waals surface area contributed by atoms with Gasteiger partial charge in [-0.25, -0.2) is 4.98 Å². The van der Waals surface area contributed by atoms with Gasteiger partial charge in [-0.2, -0.15) is 0 Å². The summed E-state index contributed by atoms with van der Waals surface area (Å²) >= 11 is 1.64. The minimum Gasteiger partial charge on any atom is -0.271 e. The summed E-state index contributed by atoms with van der Waals surface area (Å²) in [4.78, 5) is 8.43. The number of nitrogens with one attached hydrogen (secondary N) is 1. The molecule has 0 bridgehead atoms. The van der Waals surface area contributed by atoms with Gasteiger partial charge in [0.1, 0.15) is 0 Å². The van der Waals surface area contributed by atoms with Gasteiger partial charge in [0.05, 0.1) is 11.0 Å². The molecular formula is C11H14N4S. The van der Waals surface area contributed by atoms with E-state index in [9.17, 15) is 0 Å². The Morgan fingerprint density at radius 2 is 2.31 bits per heavy atom. The lowest BCUT2D eigenvalue weighted by atomic mass is 10.1. The predicted octanol–water partition coefficient (Wildman–Crippen LogP) is 1.59. The molecule has 0 radical (unpaired) electrons. The first-order valence-electron chi connectivity index (χ1n) is 5.06. The van der Waals surface area contributed by atoms with Crippen LogP contribution >= 0.6 is 11.3 Å². The highest BCUT2D eigenvalue weighted by Crippen LogP contribution is 2.18. The van der Waals surface area contributed by atoms with Crippen LogP contribution < -0.4 is 11.3 Å². The second-order valence-electron chi connectivity index (χ2n) is 3.58. The molecule has 2 rings (SSSR count). The first kappa shape index (κ1) is 11.2. The standard InChI is InChI=1S/C11H14N4S/c1-8-6-9(2-3-13-8)10(15-12)7-11-14-4-5-16-11/h2-6,10,15H,7,12H2,1H3. The smallest absolute Gasteiger partial charge is 0.0944 e. The van der Waals surface area contributed by atoms with Crippen molar-refractivity contribution in [1.29, 1.82) is 0 Å². The van der Waals surface area contributed by atoms with Crippen molar-refractivity contribution in [2.24, 2.45) is 5.84 Å². The van der Waals surface area contributed by atoms with Crippen LogP contribution in [0.4, 0.5) is 0 Å². The summed E-state index contributed by atoms with van der Waals surface area (Å²) in [7, 11) is 0. The van der Waals surface area contributed by atoms with Crippen molar-refractivity contribution in [2.45, 2.75) is 19.4 Å². The third-order valence-electron chi connectivity index (χ3n) is 2.39. The summed E-state index contributed by atoms with van der Waals surface area (Å²) in [5, 5.41) is 3.05. The molecule has 0 aliphatic heterocycles. The van der Waals surface area contributed by atoms with Crippen molar-refractivity contribution in [1.82, 2.24) is 15.4 Å². The Kier molecular flexibility index (Phi) is 3.61. The first-order chi connectivity index (χ1) is 7.79. The van der Waals surface area contributed by atoms with Crippen LogP contribution in [0.5, 0.6) is 0 Å². The summed E-state index contributed by atoms with van der Waals surface area (Å²) in [6.07, 6.45) is 4.42. The Hall–Kier alpha value is -1.30. The van der Waals surface area contributed by atoms with E-state index in [1.165, 1.54) is 0 Å². The van der Waals surface area contributed by atoms with Gasteiger partial charge in [-0.1, -0.05) is 0 Å². The van der Waals surface area contributed by atoms with Crippen LogP contribution in [0.1, 0.15) is 22.3 Å². The number of aromatic nitrogens is 2. The van der Waals surface area contributed by atoms with Crippen molar-refractivity contribution in [3.63, 3.8) is 0 Å². The average molecular weight is 234 g/mol. The van der Waals surface area contributed by atoms with Gasteiger partial charge in [0, 0.05) is 29.9 Å². The highest BCUT2D eigenvalue weighted by molar-refractivity contribution is 7.09. The number of nitrogens with two attached hydrogens (primary N) is 1. The summed E-state index contributed by atoms with van der Waals surface area (Å²) < 4.78 is 0. The van der Waals surface area contributed by atoms with Crippen LogP contribution in [0.15, 0.2) is 29.9 Å². The van der Waals surface area contributed by atoms with Crippen LogP contribution in [0.2, 0.25) is 0 Å². The molecule has 0 aliphatic rings. The third-order valence-corrected chi connectivity index (χ3v) is 3.19. The molecule has 84 valence electrons. The third kappa shape index (κ3) is 2.63. The quantitative estimate of drug-likeness (QED) is 0.623. The highest BCUT2D eigenvalue weighted by atomic mass is 32.1. The molecule has 1 atom stereocenters. The molecule has 0 fully saturated rings. The number of thiazole rings is 1. The number of aryl methyl sites for hydroxylation is 1. The summed E-state index contributed by atoms with van der Waals surface area (Å²) in [5.41, 5.74) is 4.96. The largest absolute Gasteiger partial charge is 0.271 e. The molecule has 2 heterocycles. The zero-order valence-corrected chi connectivity index (χ0v) is 9.87. The number of hydrogen-bond acceptors (Lipinski definition) is 5. The molecule has 1 unspecified atom stereocenters. The van der Waals surface area contributed by atoms with E-state index in [4.69, 9.17) is 5.84 Å². The van der Waals surface area contributed by atoms with Crippen LogP contribution in [0.3, 0.4) is 0 Å². The lowest BCUT2D eigenvalue weighted by molar-refractivity contribution is 0.550. The van der Waals surface area contributed by atoms with E-state index >= 15 is 0 Å². The molecule has 2 aromatic heterocycles. The van der Waals surface area contributed by atoms with Crippen LogP contribution in [0.25, 0.3) is 0 Å². The van der Waals surface area contributed by atoms with Crippen molar-refractivity contribution < 1.29 is 0 Å². The Labute approximate surface area is 98.5 Å². The molecule has 16 heavy (non-hydrogen) atoms. The molecule has 2 aromatic rings. The maximum Gasteiger partial charge on any atom is 0.0944 e. The second-order valence-corrected chi connectivity index (χ2v) is 4.56. The van der Waals surface area contributed by atoms with Crippen LogP contribution in [0, 0.1) is 6.92 Å². The first-order valence-corrected chi connectivity index (χ1v) is 5.94. The van der Waals surface area contributed by atoms with Gasteiger partial charge in [0.2, 0.25) is 0 Å². The average Bonchev–Trinajstić information content (AvgIpc) is 2.78. The lowest BCUT2D eigenvalue weighted by Crippen LogP contribution is -2.29. The number of hydrogen-bond donors (Lipinski definition) is 2. The minimum absolute atomic E-state index is 0.0906. The SMILES string of the molecule is Cc1cc(C(Cc2nccs2)NN)ccn1. The van der Waals surface area contributed by atoms with E-state index in [0.29, 0.717) is 0 Å². The van der Waals surface area contributed by atoms with E-state index in [1.807, 2.05) is 30.6 Å². The zero-order valence-electron chi connectivity index (χ0n) is 9.05. The van der Waals surface area contributed by atoms with Crippen molar-refractivity contribution in [3.05, 3.63) is 46.2 Å². The molecule has 3 N–H and O–H groups in total. The molecular weight excluding hydrogens is 220 g/mol. The van der Waals surface area contributed by atoms with E-state index in [0.717, 1.165) is 22.7 Å². The van der Waals surface area contributed by atoms with Crippen molar-refractivity contribution in [2.75, 3.05) is 0 Å². The molecule has 0 aromatic carbocycles. The van der Waals surface area contributed by atoms with Crippen molar-refractivity contribution in [3.8, 4) is 0 Å². The van der Waals surface area contributed by atoms with E-state index in [2.05, 4.69) is 15.4 Å². The maximum absolute atomic E-state index is 5.58. The van der Waals surface area contributed by atoms with Gasteiger partial charge in [-0.05, 0) is 24.6 Å². The minimum atomic E-state index is 0.0906. The van der Waals surface area contributed by atoms with Gasteiger partial charge < -0.3 is 0 Å². The molecule has 5 heteroatoms. The Morgan fingerprint density at radius 1 is 1.44 bits per heavy atom. The molecule has 0 aliphatic carbocycles. The summed E-state index contributed by atoms with van der Waals surface area (Å²) in [6, 6.07) is 4.11. The van der Waals surface area contributed by atoms with Crippen LogP contribution in [-0.4, -0.2) is 9.97 Å². The van der Waals surface area contributed by atoms with E-state index in [1.54, 1.807) is 17.5 Å². The number of rotatable bonds is 4. The van der Waals surface area contributed by atoms with Crippen LogP contribution in [-0.2, 0) is 6.42 Å². The van der Waals surface area contributed by atoms with E-state index in [-0.39, 0.29) is 6.04 Å². The van der Waals surface area contributed by atoms with Gasteiger partial charge in [0.25, 0.3) is 0 Å². The molecule has 0 amide bonds. The Balaban J connectivity index is 2.16. The number of pyridine rings is 1. The van der Waals surface area contributed by atoms with Gasteiger partial charge in [-0.3, -0.25) is 16.3 Å². The maximum atomic E-state index is 5.58. The number of hydrazine groups is 1. The summed E-state index contributed by atoms with van der Waals surface area (Å²) in [6.45, 7) is 1.97. The number of nitrogens with zero attached hydrogens (tertiary/aromatic N) is 2. The van der Waals surface area contributed by atoms with Crippen molar-refractivity contribution >= 4 is 11.3 Å². The highest BCUT2D eigenvalue weighted by Gasteiger charge is 2.12. The van der Waals surface area contributed by atoms with Gasteiger partial charge in [0.15, 0.2) is 0 Å². The van der Waals surface area contributed by atoms with E-state index < -0.39 is 0 Å². The fraction of sp³-hybridized carbons (Fsp3) is 0.273. The van der Waals surface area contributed by atoms with Gasteiger partial charge in [-0.15, -0.1) is 11.3 Å². The molecule has 0 saturated heterocycles. The fourth-order valence-corrected chi connectivity index (χ4v) is 2.25. The molecule has 0 saturated carbocycles. The van der Waals surface area contributed by atoms with Gasteiger partial charge >= 0.3 is 0 Å². The fourth-order valence-electron chi connectivity index (χ4n) is 1.59. The molecule has 0 spiro atoms. The Bertz CT molecular complexity index is 441. The monoisotopic (exact) mass is 234 g/mol. The normalized spacial score (nSPS) is 12.6. The lowest BCUT2D eigenvalue weighted by Gasteiger charge is -2.15.